The molecule has 3 N–H and O–H groups in total. The fraction of sp³-hybridized carbons (Fsp3) is 0.130. The third kappa shape index (κ3) is 4.99. The number of aryl methyl sites for hydroxylation is 3. The molecule has 2 heterocycles. The summed E-state index contributed by atoms with van der Waals surface area (Å²) in [6, 6.07) is 16.7. The van der Waals surface area contributed by atoms with Crippen molar-refractivity contribution in [2.45, 2.75) is 19.9 Å². The van der Waals surface area contributed by atoms with E-state index in [2.05, 4.69) is 21.4 Å². The first kappa shape index (κ1) is 22.4. The van der Waals surface area contributed by atoms with E-state index < -0.39 is 13.5 Å². The minimum absolute atomic E-state index is 0.0453. The molecule has 0 fully saturated rings. The lowest BCUT2D eigenvalue weighted by molar-refractivity contribution is 0.101. The van der Waals surface area contributed by atoms with E-state index in [1.54, 1.807) is 53.2 Å². The second kappa shape index (κ2) is 8.96. The number of imidazole rings is 1. The average Bonchev–Trinajstić information content (AvgIpc) is 3.15. The van der Waals surface area contributed by atoms with Gasteiger partial charge < -0.3 is 19.7 Å². The first-order valence-corrected chi connectivity index (χ1v) is 11.7. The minimum atomic E-state index is -4.30. The number of carbonyl (C=O) groups excluding carboxylic acids is 1. The molecule has 9 nitrogen and oxygen atoms in total. The number of anilines is 1. The number of nitriles is 1. The quantitative estimate of drug-likeness (QED) is 0.375. The third-order valence-corrected chi connectivity index (χ3v) is 6.10. The summed E-state index contributed by atoms with van der Waals surface area (Å²) in [5.41, 5.74) is 3.88. The van der Waals surface area contributed by atoms with Crippen LogP contribution in [-0.4, -0.2) is 30.2 Å². The lowest BCUT2D eigenvalue weighted by atomic mass is 10.1. The Morgan fingerprint density at radius 1 is 1.15 bits per heavy atom. The zero-order chi connectivity index (χ0) is 23.6. The van der Waals surface area contributed by atoms with Gasteiger partial charge in [0.1, 0.15) is 0 Å². The van der Waals surface area contributed by atoms with Crippen LogP contribution in [0.4, 0.5) is 5.69 Å². The molecule has 4 rings (SSSR count). The topological polar surface area (TPSA) is 141 Å². The molecule has 1 amide bonds. The number of aromatic nitrogens is 3. The van der Waals surface area contributed by atoms with E-state index in [9.17, 15) is 24.4 Å². The zero-order valence-electron chi connectivity index (χ0n) is 17.6. The van der Waals surface area contributed by atoms with Crippen LogP contribution in [0.2, 0.25) is 0 Å². The molecule has 166 valence electrons. The second-order valence-corrected chi connectivity index (χ2v) is 9.11. The highest BCUT2D eigenvalue weighted by Crippen LogP contribution is 2.32. The Labute approximate surface area is 189 Å². The van der Waals surface area contributed by atoms with Crippen LogP contribution in [-0.2, 0) is 17.5 Å². The van der Waals surface area contributed by atoms with Crippen molar-refractivity contribution in [2.24, 2.45) is 0 Å². The van der Waals surface area contributed by atoms with Crippen LogP contribution in [0.3, 0.4) is 0 Å². The van der Waals surface area contributed by atoms with Crippen molar-refractivity contribution in [3.05, 3.63) is 83.4 Å². The summed E-state index contributed by atoms with van der Waals surface area (Å²) in [6.07, 6.45) is 2.11. The van der Waals surface area contributed by atoms with E-state index in [4.69, 9.17) is 0 Å². The molecule has 0 aliphatic heterocycles. The molecule has 0 bridgehead atoms. The highest BCUT2D eigenvalue weighted by Gasteiger charge is 2.19. The van der Waals surface area contributed by atoms with E-state index in [0.29, 0.717) is 35.2 Å². The van der Waals surface area contributed by atoms with Crippen LogP contribution in [0, 0.1) is 18.3 Å². The van der Waals surface area contributed by atoms with Gasteiger partial charge in [0, 0.05) is 24.1 Å². The predicted octanol–water partition coefficient (Wildman–Crippen LogP) is 2.91. The van der Waals surface area contributed by atoms with Crippen LogP contribution in [0.25, 0.3) is 11.0 Å². The summed E-state index contributed by atoms with van der Waals surface area (Å²) in [5.74, 6) is -0.200. The predicted molar refractivity (Wildman–Crippen MR) is 123 cm³/mol. The van der Waals surface area contributed by atoms with Crippen molar-refractivity contribution in [2.75, 3.05) is 5.32 Å². The number of hydrogen-bond acceptors (Lipinski definition) is 5. The Bertz CT molecular complexity index is 1430. The highest BCUT2D eigenvalue weighted by molar-refractivity contribution is 7.60. The fourth-order valence-electron chi connectivity index (χ4n) is 3.51. The summed E-state index contributed by atoms with van der Waals surface area (Å²) in [4.78, 5) is 40.2. The molecule has 0 saturated carbocycles. The lowest BCUT2D eigenvalue weighted by Gasteiger charge is -2.11. The molecule has 0 atom stereocenters. The maximum absolute atomic E-state index is 13.1. The molecule has 0 unspecified atom stereocenters. The average molecular weight is 461 g/mol. The molecule has 4 aromatic rings. The molecule has 33 heavy (non-hydrogen) atoms. The molecule has 0 aliphatic carbocycles. The number of carbonyl (C=O) groups is 1. The number of nitrogens with one attached hydrogen (secondary N) is 1. The van der Waals surface area contributed by atoms with Crippen molar-refractivity contribution in [3.8, 4) is 6.07 Å². The maximum Gasteiger partial charge on any atom is 0.356 e. The van der Waals surface area contributed by atoms with Crippen molar-refractivity contribution in [3.63, 3.8) is 0 Å². The number of benzene rings is 2. The number of hydrogen-bond donors (Lipinski definition) is 3. The third-order valence-electron chi connectivity index (χ3n) is 5.13. The summed E-state index contributed by atoms with van der Waals surface area (Å²) < 4.78 is 13.2. The number of fused-ring (bicyclic) bond motifs is 1. The summed E-state index contributed by atoms with van der Waals surface area (Å²) >= 11 is 0. The number of rotatable bonds is 6. The van der Waals surface area contributed by atoms with Crippen LogP contribution < -0.4 is 10.6 Å². The second-order valence-electron chi connectivity index (χ2n) is 7.50. The molecular weight excluding hydrogens is 441 g/mol. The van der Waals surface area contributed by atoms with Gasteiger partial charge >= 0.3 is 7.60 Å². The summed E-state index contributed by atoms with van der Waals surface area (Å²) in [7, 11) is -4.30. The summed E-state index contributed by atoms with van der Waals surface area (Å²) in [6.45, 7) is 2.22. The van der Waals surface area contributed by atoms with Gasteiger partial charge in [-0.25, -0.2) is 4.98 Å². The largest absolute Gasteiger partial charge is 0.356 e. The fourth-order valence-corrected chi connectivity index (χ4v) is 4.04. The first-order chi connectivity index (χ1) is 15.7. The SMILES string of the molecule is Cc1cc(NC(=O)c2nc3cc(C#N)ccc3n2CCc2ccc(P(=O)(O)O)cc2)ccn1. The standard InChI is InChI=1S/C23H20N5O4P/c1-15-12-18(8-10-25-15)26-23(29)22-27-20-13-17(14-24)4-7-21(20)28(22)11-9-16-2-5-19(6-3-16)33(30,31)32/h2-8,10,12-13H,9,11H2,1H3,(H,25,26,29)(H2,30,31,32). The van der Waals surface area contributed by atoms with E-state index >= 15 is 0 Å². The van der Waals surface area contributed by atoms with E-state index in [-0.39, 0.29) is 11.1 Å². The molecular formula is C23H20N5O4P. The lowest BCUT2D eigenvalue weighted by Crippen LogP contribution is -2.19. The molecule has 0 aliphatic rings. The zero-order valence-corrected chi connectivity index (χ0v) is 18.5. The first-order valence-electron chi connectivity index (χ1n) is 10.0. The Kier molecular flexibility index (Phi) is 6.07. The van der Waals surface area contributed by atoms with E-state index in [1.807, 2.05) is 6.92 Å². The maximum atomic E-state index is 13.1. The monoisotopic (exact) mass is 461 g/mol. The van der Waals surface area contributed by atoms with Gasteiger partial charge in [0.2, 0.25) is 0 Å². The Hall–Kier alpha value is -3.83. The van der Waals surface area contributed by atoms with Gasteiger partial charge in [0.05, 0.1) is 28.0 Å². The van der Waals surface area contributed by atoms with Gasteiger partial charge in [-0.15, -0.1) is 0 Å². The molecule has 2 aromatic carbocycles. The van der Waals surface area contributed by atoms with Gasteiger partial charge in [-0.1, -0.05) is 12.1 Å². The van der Waals surface area contributed by atoms with E-state index in [0.717, 1.165) is 11.3 Å². The van der Waals surface area contributed by atoms with Gasteiger partial charge in [-0.2, -0.15) is 5.26 Å². The van der Waals surface area contributed by atoms with Gasteiger partial charge in [0.15, 0.2) is 5.82 Å². The molecule has 2 aromatic heterocycles. The van der Waals surface area contributed by atoms with Crippen molar-refractivity contribution in [1.29, 1.82) is 5.26 Å². The van der Waals surface area contributed by atoms with Crippen LogP contribution in [0.5, 0.6) is 0 Å². The number of pyridine rings is 1. The van der Waals surface area contributed by atoms with Crippen LogP contribution in [0.1, 0.15) is 27.4 Å². The smallest absolute Gasteiger partial charge is 0.321 e. The molecule has 0 spiro atoms. The number of nitrogens with zero attached hydrogens (tertiary/aromatic N) is 4. The van der Waals surface area contributed by atoms with Crippen LogP contribution >= 0.6 is 7.60 Å². The Morgan fingerprint density at radius 2 is 1.91 bits per heavy atom. The van der Waals surface area contributed by atoms with Crippen molar-refractivity contribution in [1.82, 2.24) is 14.5 Å². The molecule has 0 saturated heterocycles. The normalized spacial score (nSPS) is 11.3. The van der Waals surface area contributed by atoms with Crippen LogP contribution in [0.15, 0.2) is 60.8 Å². The molecule has 10 heteroatoms. The van der Waals surface area contributed by atoms with E-state index in [1.165, 1.54) is 12.1 Å². The van der Waals surface area contributed by atoms with Gasteiger partial charge in [-0.05, 0) is 61.4 Å². The van der Waals surface area contributed by atoms with Crippen molar-refractivity contribution < 1.29 is 19.1 Å². The highest BCUT2D eigenvalue weighted by atomic mass is 31.2. The number of amides is 1. The Morgan fingerprint density at radius 3 is 2.58 bits per heavy atom. The van der Waals surface area contributed by atoms with Gasteiger partial charge in [-0.3, -0.25) is 14.3 Å². The minimum Gasteiger partial charge on any atom is -0.321 e. The molecule has 0 radical (unpaired) electrons. The van der Waals surface area contributed by atoms with Gasteiger partial charge in [0.25, 0.3) is 5.91 Å². The van der Waals surface area contributed by atoms with Crippen molar-refractivity contribution >= 4 is 35.5 Å². The summed E-state index contributed by atoms with van der Waals surface area (Å²) in [5, 5.41) is 12.0. The Balaban J connectivity index is 1.66.